The van der Waals surface area contributed by atoms with Gasteiger partial charge in [-0.25, -0.2) is 4.98 Å². The van der Waals surface area contributed by atoms with Gasteiger partial charge in [0.15, 0.2) is 0 Å². The van der Waals surface area contributed by atoms with Crippen LogP contribution in [0.2, 0.25) is 0 Å². The molecule has 0 bridgehead atoms. The molecular formula is C22H18Br2N4O. The van der Waals surface area contributed by atoms with Gasteiger partial charge in [0.1, 0.15) is 5.82 Å². The highest BCUT2D eigenvalue weighted by molar-refractivity contribution is 9.10. The Morgan fingerprint density at radius 3 is 2.52 bits per heavy atom. The van der Waals surface area contributed by atoms with Crippen LogP contribution in [-0.4, -0.2) is 20.4 Å². The van der Waals surface area contributed by atoms with Crippen molar-refractivity contribution in [2.45, 2.75) is 20.8 Å². The molecule has 2 heterocycles. The average Bonchev–Trinajstić information content (AvgIpc) is 2.96. The lowest BCUT2D eigenvalue weighted by Crippen LogP contribution is -2.20. The van der Waals surface area contributed by atoms with Gasteiger partial charge in [0.25, 0.3) is 5.56 Å². The van der Waals surface area contributed by atoms with Crippen LogP contribution in [0.1, 0.15) is 22.8 Å². The lowest BCUT2D eigenvalue weighted by Gasteiger charge is -2.10. The average molecular weight is 514 g/mol. The van der Waals surface area contributed by atoms with E-state index in [2.05, 4.69) is 71.6 Å². The molecule has 29 heavy (non-hydrogen) atoms. The van der Waals surface area contributed by atoms with Crippen molar-refractivity contribution in [2.24, 2.45) is 5.10 Å². The molecule has 0 radical (unpaired) electrons. The van der Waals surface area contributed by atoms with Crippen molar-refractivity contribution in [1.29, 1.82) is 0 Å². The summed E-state index contributed by atoms with van der Waals surface area (Å²) in [6.45, 7) is 5.88. The largest absolute Gasteiger partial charge is 0.318 e. The van der Waals surface area contributed by atoms with E-state index in [1.165, 1.54) is 4.68 Å². The first-order chi connectivity index (χ1) is 13.8. The number of hydrogen-bond acceptors (Lipinski definition) is 3. The fourth-order valence-electron chi connectivity index (χ4n) is 3.45. The minimum atomic E-state index is -0.189. The number of nitrogens with zero attached hydrogens (tertiary/aromatic N) is 4. The van der Waals surface area contributed by atoms with E-state index in [0.717, 1.165) is 31.6 Å². The number of aromatic nitrogens is 3. The summed E-state index contributed by atoms with van der Waals surface area (Å²) in [5, 5.41) is 4.99. The Hall–Kier alpha value is -2.51. The first-order valence-corrected chi connectivity index (χ1v) is 10.6. The van der Waals surface area contributed by atoms with E-state index < -0.39 is 0 Å². The van der Waals surface area contributed by atoms with E-state index in [1.807, 2.05) is 31.2 Å². The summed E-state index contributed by atoms with van der Waals surface area (Å²) in [5.41, 5.74) is 4.63. The van der Waals surface area contributed by atoms with Crippen molar-refractivity contribution in [1.82, 2.24) is 14.2 Å². The van der Waals surface area contributed by atoms with Crippen molar-refractivity contribution >= 4 is 49.0 Å². The number of hydrogen-bond donors (Lipinski definition) is 0. The summed E-state index contributed by atoms with van der Waals surface area (Å²) in [4.78, 5) is 17.4. The third kappa shape index (κ3) is 3.72. The molecule has 0 unspecified atom stereocenters. The third-order valence-corrected chi connectivity index (χ3v) is 5.81. The molecule has 0 atom stereocenters. The number of benzene rings is 2. The molecule has 0 amide bonds. The molecule has 0 fully saturated rings. The second-order valence-electron chi connectivity index (χ2n) is 6.82. The highest BCUT2D eigenvalue weighted by Gasteiger charge is 2.11. The van der Waals surface area contributed by atoms with Gasteiger partial charge in [-0.15, -0.1) is 0 Å². The molecule has 0 saturated carbocycles. The second-order valence-corrected chi connectivity index (χ2v) is 8.66. The summed E-state index contributed by atoms with van der Waals surface area (Å²) < 4.78 is 5.37. The molecule has 7 heteroatoms. The highest BCUT2D eigenvalue weighted by Crippen LogP contribution is 2.22. The zero-order valence-corrected chi connectivity index (χ0v) is 19.3. The van der Waals surface area contributed by atoms with Crippen molar-refractivity contribution in [2.75, 3.05) is 0 Å². The third-order valence-electron chi connectivity index (χ3n) is 4.82. The molecule has 5 nitrogen and oxygen atoms in total. The van der Waals surface area contributed by atoms with Gasteiger partial charge >= 0.3 is 0 Å². The minimum Gasteiger partial charge on any atom is -0.318 e. The van der Waals surface area contributed by atoms with E-state index in [4.69, 9.17) is 0 Å². The molecule has 0 aliphatic rings. The van der Waals surface area contributed by atoms with Gasteiger partial charge in [-0.3, -0.25) is 4.79 Å². The van der Waals surface area contributed by atoms with Gasteiger partial charge in [-0.2, -0.15) is 9.78 Å². The van der Waals surface area contributed by atoms with Crippen molar-refractivity contribution in [3.8, 4) is 5.69 Å². The second kappa shape index (κ2) is 7.72. The number of rotatable bonds is 3. The standard InChI is InChI=1S/C22H18Br2N4O/c1-13-9-16(14(2)27(13)19-6-4-5-17(23)10-19)12-25-28-15(3)26-21-8-7-18(24)11-20(21)22(28)29/h4-12H,1-3H3. The Kier molecular flexibility index (Phi) is 5.27. The molecule has 146 valence electrons. The van der Waals surface area contributed by atoms with Gasteiger partial charge in [-0.05, 0) is 63.2 Å². The van der Waals surface area contributed by atoms with Gasteiger partial charge in [-0.1, -0.05) is 37.9 Å². The number of halogens is 2. The van der Waals surface area contributed by atoms with Crippen LogP contribution < -0.4 is 5.56 Å². The summed E-state index contributed by atoms with van der Waals surface area (Å²) in [6, 6.07) is 15.7. The number of aryl methyl sites for hydroxylation is 2. The topological polar surface area (TPSA) is 52.2 Å². The molecular weight excluding hydrogens is 496 g/mol. The van der Waals surface area contributed by atoms with Gasteiger partial charge < -0.3 is 4.57 Å². The van der Waals surface area contributed by atoms with Gasteiger partial charge in [0.2, 0.25) is 0 Å². The molecule has 0 aliphatic carbocycles. The molecule has 2 aromatic carbocycles. The van der Waals surface area contributed by atoms with Crippen LogP contribution in [-0.2, 0) is 0 Å². The maximum absolute atomic E-state index is 12.9. The zero-order chi connectivity index (χ0) is 20.7. The molecule has 0 spiro atoms. The highest BCUT2D eigenvalue weighted by atomic mass is 79.9. The molecule has 0 aliphatic heterocycles. The van der Waals surface area contributed by atoms with Crippen LogP contribution in [0, 0.1) is 20.8 Å². The molecule has 2 aromatic heterocycles. The van der Waals surface area contributed by atoms with E-state index >= 15 is 0 Å². The zero-order valence-electron chi connectivity index (χ0n) is 16.1. The Morgan fingerprint density at radius 1 is 1.00 bits per heavy atom. The SMILES string of the molecule is Cc1cc(C=Nn2c(C)nc3ccc(Br)cc3c2=O)c(C)n1-c1cccc(Br)c1. The smallest absolute Gasteiger partial charge is 0.282 e. The van der Waals surface area contributed by atoms with Crippen LogP contribution in [0.25, 0.3) is 16.6 Å². The summed E-state index contributed by atoms with van der Waals surface area (Å²) in [7, 11) is 0. The maximum atomic E-state index is 12.9. The monoisotopic (exact) mass is 512 g/mol. The predicted molar refractivity (Wildman–Crippen MR) is 124 cm³/mol. The fourth-order valence-corrected chi connectivity index (χ4v) is 4.19. The van der Waals surface area contributed by atoms with Crippen molar-refractivity contribution < 1.29 is 0 Å². The number of fused-ring (bicyclic) bond motifs is 1. The lowest BCUT2D eigenvalue weighted by molar-refractivity contribution is 0.770. The summed E-state index contributed by atoms with van der Waals surface area (Å²) >= 11 is 6.94. The van der Waals surface area contributed by atoms with Crippen LogP contribution >= 0.6 is 31.9 Å². The van der Waals surface area contributed by atoms with Gasteiger partial charge in [0.05, 0.1) is 17.1 Å². The van der Waals surface area contributed by atoms with Crippen LogP contribution in [0.15, 0.2) is 67.4 Å². The first-order valence-electron chi connectivity index (χ1n) is 9.03. The first kappa shape index (κ1) is 19.8. The van der Waals surface area contributed by atoms with Crippen LogP contribution in [0.3, 0.4) is 0 Å². The van der Waals surface area contributed by atoms with Gasteiger partial charge in [0, 0.05) is 31.6 Å². The molecule has 4 rings (SSSR count). The molecule has 4 aromatic rings. The maximum Gasteiger partial charge on any atom is 0.282 e. The predicted octanol–water partition coefficient (Wildman–Crippen LogP) is 5.52. The van der Waals surface area contributed by atoms with E-state index in [1.54, 1.807) is 19.2 Å². The van der Waals surface area contributed by atoms with E-state index in [-0.39, 0.29) is 5.56 Å². The Balaban J connectivity index is 1.79. The van der Waals surface area contributed by atoms with E-state index in [9.17, 15) is 4.79 Å². The minimum absolute atomic E-state index is 0.189. The Morgan fingerprint density at radius 2 is 1.76 bits per heavy atom. The van der Waals surface area contributed by atoms with Crippen LogP contribution in [0.5, 0.6) is 0 Å². The summed E-state index contributed by atoms with van der Waals surface area (Å²) in [6.07, 6.45) is 1.72. The van der Waals surface area contributed by atoms with Crippen LogP contribution in [0.4, 0.5) is 0 Å². The van der Waals surface area contributed by atoms with Crippen molar-refractivity contribution in [3.63, 3.8) is 0 Å². The Bertz CT molecular complexity index is 1330. The van der Waals surface area contributed by atoms with Crippen molar-refractivity contribution in [3.05, 3.63) is 90.6 Å². The summed E-state index contributed by atoms with van der Waals surface area (Å²) in [5.74, 6) is 0.543. The van der Waals surface area contributed by atoms with E-state index in [0.29, 0.717) is 16.7 Å². The molecule has 0 N–H and O–H groups in total. The Labute approximate surface area is 185 Å². The molecule has 0 saturated heterocycles. The quantitative estimate of drug-likeness (QED) is 0.339. The fraction of sp³-hybridized carbons (Fsp3) is 0.136. The normalized spacial score (nSPS) is 11.6. The lowest BCUT2D eigenvalue weighted by atomic mass is 10.2.